The highest BCUT2D eigenvalue weighted by Gasteiger charge is 2.35. The predicted octanol–water partition coefficient (Wildman–Crippen LogP) is 5.18. The van der Waals surface area contributed by atoms with E-state index in [1.54, 1.807) is 35.9 Å². The van der Waals surface area contributed by atoms with E-state index in [1.165, 1.54) is 12.1 Å². The Morgan fingerprint density at radius 2 is 1.91 bits per heavy atom. The first-order chi connectivity index (χ1) is 20.4. The number of carboxylic acid groups (broad SMARTS) is 1. The molecule has 0 spiro atoms. The molecular formula is C29H27F3N4O6S. The van der Waals surface area contributed by atoms with E-state index >= 15 is 0 Å². The maximum Gasteiger partial charge on any atom is 0.416 e. The molecule has 1 aromatic heterocycles. The summed E-state index contributed by atoms with van der Waals surface area (Å²) in [6, 6.07) is 11.4. The van der Waals surface area contributed by atoms with Crippen LogP contribution in [0.1, 0.15) is 58.6 Å². The second kappa shape index (κ2) is 10.8. The Bertz CT molecular complexity index is 1840. The van der Waals surface area contributed by atoms with E-state index in [4.69, 9.17) is 8.92 Å². The Hall–Kier alpha value is -4.17. The van der Waals surface area contributed by atoms with Gasteiger partial charge in [-0.25, -0.2) is 4.68 Å². The minimum absolute atomic E-state index is 0.0299. The monoisotopic (exact) mass is 616 g/mol. The van der Waals surface area contributed by atoms with Crippen LogP contribution in [0.15, 0.2) is 48.5 Å². The number of aromatic nitrogens is 3. The molecule has 43 heavy (non-hydrogen) atoms. The lowest BCUT2D eigenvalue weighted by Gasteiger charge is -2.29. The Morgan fingerprint density at radius 1 is 1.09 bits per heavy atom. The maximum atomic E-state index is 14.1. The molecule has 0 saturated heterocycles. The van der Waals surface area contributed by atoms with E-state index in [0.29, 0.717) is 53.9 Å². The molecule has 14 heteroatoms. The van der Waals surface area contributed by atoms with Crippen LogP contribution < -0.4 is 8.92 Å². The van der Waals surface area contributed by atoms with Crippen LogP contribution in [-0.2, 0) is 40.9 Å². The van der Waals surface area contributed by atoms with Gasteiger partial charge < -0.3 is 14.0 Å². The molecule has 7 rings (SSSR count). The van der Waals surface area contributed by atoms with Crippen molar-refractivity contribution < 1.29 is 40.4 Å². The average molecular weight is 617 g/mol. The summed E-state index contributed by atoms with van der Waals surface area (Å²) in [5.41, 5.74) is 1.93. The Labute approximate surface area is 244 Å². The largest absolute Gasteiger partial charge is 0.494 e. The van der Waals surface area contributed by atoms with E-state index in [0.717, 1.165) is 22.0 Å². The number of rotatable bonds is 2. The van der Waals surface area contributed by atoms with Gasteiger partial charge in [0.05, 0.1) is 24.1 Å². The number of ether oxygens (including phenoxy) is 1. The fourth-order valence-electron chi connectivity index (χ4n) is 5.66. The number of halogens is 3. The Morgan fingerprint density at radius 3 is 2.67 bits per heavy atom. The van der Waals surface area contributed by atoms with Gasteiger partial charge in [0, 0.05) is 31.1 Å². The number of aliphatic carboxylic acids is 1. The molecule has 0 aliphatic carbocycles. The zero-order valence-corrected chi connectivity index (χ0v) is 23.8. The van der Waals surface area contributed by atoms with Crippen molar-refractivity contribution in [2.75, 3.05) is 6.61 Å². The predicted molar refractivity (Wildman–Crippen MR) is 148 cm³/mol. The quantitative estimate of drug-likeness (QED) is 0.327. The molecule has 3 aliphatic rings. The number of benzene rings is 3. The molecule has 3 aliphatic heterocycles. The van der Waals surface area contributed by atoms with E-state index in [-0.39, 0.29) is 23.4 Å². The standard InChI is InChI=1S/C29H27F3N4O6S/c1-17-23-5-6-25-28(17)33-34-36(25)8-2-3-9-41-22-4-7-26-20(13-22)16-35(43(39,40)42-26)15-18-10-19(24(23)14-27(37)38)12-21(11-18)29(30,31)32/h4-7,10-13,24H,2-3,8-9,14-16H2,1H3,(H,37,38). The number of carboxylic acids is 1. The minimum atomic E-state index is -4.77. The summed E-state index contributed by atoms with van der Waals surface area (Å²) in [5, 5.41) is 18.4. The fourth-order valence-corrected chi connectivity index (χ4v) is 6.76. The van der Waals surface area contributed by atoms with E-state index in [2.05, 4.69) is 10.3 Å². The number of fused-ring (bicyclic) bond motifs is 5. The molecule has 0 fully saturated rings. The normalized spacial score (nSPS) is 20.1. The molecule has 0 radical (unpaired) electrons. The summed E-state index contributed by atoms with van der Waals surface area (Å²) in [6.45, 7) is 2.08. The van der Waals surface area contributed by atoms with Crippen LogP contribution in [0.4, 0.5) is 13.2 Å². The van der Waals surface area contributed by atoms with Crippen LogP contribution in [-0.4, -0.2) is 45.4 Å². The molecule has 1 N–H and O–H groups in total. The van der Waals surface area contributed by atoms with Crippen molar-refractivity contribution in [3.8, 4) is 11.5 Å². The van der Waals surface area contributed by atoms with Crippen molar-refractivity contribution in [3.05, 3.63) is 81.9 Å². The maximum absolute atomic E-state index is 14.1. The van der Waals surface area contributed by atoms with Crippen molar-refractivity contribution in [2.45, 2.75) is 57.9 Å². The molecule has 2 atom stereocenters. The van der Waals surface area contributed by atoms with Gasteiger partial charge in [-0.15, -0.1) is 5.10 Å². The smallest absolute Gasteiger partial charge is 0.416 e. The van der Waals surface area contributed by atoms with Crippen LogP contribution >= 0.6 is 0 Å². The molecule has 0 amide bonds. The second-order valence-electron chi connectivity index (χ2n) is 10.7. The number of aryl methyl sites for hydroxylation is 2. The van der Waals surface area contributed by atoms with Crippen LogP contribution in [0.3, 0.4) is 0 Å². The van der Waals surface area contributed by atoms with E-state index < -0.39 is 46.9 Å². The summed E-state index contributed by atoms with van der Waals surface area (Å²) in [6.07, 6.45) is -3.86. The lowest BCUT2D eigenvalue weighted by atomic mass is 9.84. The third-order valence-corrected chi connectivity index (χ3v) is 9.04. The van der Waals surface area contributed by atoms with Gasteiger partial charge >= 0.3 is 22.4 Å². The van der Waals surface area contributed by atoms with Gasteiger partial charge in [0.25, 0.3) is 0 Å². The molecule has 2 unspecified atom stereocenters. The molecular weight excluding hydrogens is 589 g/mol. The number of hydrogen-bond donors (Lipinski definition) is 1. The number of hydrogen-bond acceptors (Lipinski definition) is 7. The average Bonchev–Trinajstić information content (AvgIpc) is 3.35. The first kappa shape index (κ1) is 28.9. The van der Waals surface area contributed by atoms with Crippen LogP contribution in [0.2, 0.25) is 0 Å². The van der Waals surface area contributed by atoms with Crippen molar-refractivity contribution in [2.24, 2.45) is 0 Å². The van der Waals surface area contributed by atoms with Gasteiger partial charge in [-0.3, -0.25) is 4.79 Å². The number of alkyl halides is 3. The van der Waals surface area contributed by atoms with Gasteiger partial charge in [0.1, 0.15) is 17.0 Å². The SMILES string of the molecule is Cc1c2ccc3c1nnn3CCCCOc1ccc3c(c1)CN(Cc1cc(cc(C(F)(F)F)c1)C2CC(=O)O)S(=O)(=O)O3. The number of carbonyl (C=O) groups is 1. The van der Waals surface area contributed by atoms with Crippen LogP contribution in [0, 0.1) is 6.92 Å². The third-order valence-electron chi connectivity index (χ3n) is 7.76. The summed E-state index contributed by atoms with van der Waals surface area (Å²) in [5.74, 6) is -1.56. The molecule has 10 nitrogen and oxygen atoms in total. The highest BCUT2D eigenvalue weighted by molar-refractivity contribution is 7.84. The number of nitrogens with zero attached hydrogens (tertiary/aromatic N) is 4. The highest BCUT2D eigenvalue weighted by Crippen LogP contribution is 2.39. The van der Waals surface area contributed by atoms with Crippen molar-refractivity contribution in [1.82, 2.24) is 19.3 Å². The highest BCUT2D eigenvalue weighted by atomic mass is 32.2. The summed E-state index contributed by atoms with van der Waals surface area (Å²) in [7, 11) is -4.34. The van der Waals surface area contributed by atoms with Gasteiger partial charge in [-0.05, 0) is 78.4 Å². The lowest BCUT2D eigenvalue weighted by Crippen LogP contribution is -2.37. The topological polar surface area (TPSA) is 124 Å². The zero-order valence-electron chi connectivity index (χ0n) is 23.0. The van der Waals surface area contributed by atoms with Crippen molar-refractivity contribution >= 4 is 27.3 Å². The molecule has 0 saturated carbocycles. The molecule has 4 heterocycles. The first-order valence-electron chi connectivity index (χ1n) is 13.6. The van der Waals surface area contributed by atoms with Gasteiger partial charge in [0.15, 0.2) is 0 Å². The summed E-state index contributed by atoms with van der Waals surface area (Å²) < 4.78 is 82.3. The van der Waals surface area contributed by atoms with Gasteiger partial charge in [0.2, 0.25) is 0 Å². The van der Waals surface area contributed by atoms with Crippen molar-refractivity contribution in [3.63, 3.8) is 0 Å². The minimum Gasteiger partial charge on any atom is -0.494 e. The summed E-state index contributed by atoms with van der Waals surface area (Å²) in [4.78, 5) is 12.0. The molecule has 9 bridgehead atoms. The van der Waals surface area contributed by atoms with E-state index in [1.807, 2.05) is 0 Å². The Kier molecular flexibility index (Phi) is 7.29. The van der Waals surface area contributed by atoms with Crippen molar-refractivity contribution in [1.29, 1.82) is 0 Å². The van der Waals surface area contributed by atoms with Gasteiger partial charge in [-0.2, -0.15) is 25.9 Å². The first-order valence-corrected chi connectivity index (χ1v) is 15.0. The lowest BCUT2D eigenvalue weighted by molar-refractivity contribution is -0.138. The van der Waals surface area contributed by atoms with Gasteiger partial charge in [-0.1, -0.05) is 17.3 Å². The second-order valence-corrected chi connectivity index (χ2v) is 12.2. The molecule has 4 aromatic rings. The fraction of sp³-hybridized carbons (Fsp3) is 0.345. The Balaban J connectivity index is 1.52. The third kappa shape index (κ3) is 5.76. The zero-order chi connectivity index (χ0) is 30.5. The summed E-state index contributed by atoms with van der Waals surface area (Å²) >= 11 is 0. The molecule has 3 aromatic carbocycles. The van der Waals surface area contributed by atoms with Crippen LogP contribution in [0.25, 0.3) is 11.0 Å². The van der Waals surface area contributed by atoms with E-state index in [9.17, 15) is 31.5 Å². The van der Waals surface area contributed by atoms with Crippen LogP contribution in [0.5, 0.6) is 11.5 Å². The molecule has 226 valence electrons.